The molecule has 134 valence electrons. The SMILES string of the molecule is C=C(C(C)C)N(C)CCN(C)C(=O)OCc1ccc(C(C)C)cc1. The van der Waals surface area contributed by atoms with Gasteiger partial charge in [0.2, 0.25) is 0 Å². The van der Waals surface area contributed by atoms with E-state index in [0.29, 0.717) is 25.0 Å². The first-order valence-corrected chi connectivity index (χ1v) is 8.59. The fourth-order valence-electron chi connectivity index (χ4n) is 2.23. The zero-order valence-electron chi connectivity index (χ0n) is 16.0. The first kappa shape index (κ1) is 20.1. The van der Waals surface area contributed by atoms with Crippen LogP contribution in [-0.4, -0.2) is 43.1 Å². The van der Waals surface area contributed by atoms with Crippen LogP contribution in [0.25, 0.3) is 0 Å². The van der Waals surface area contributed by atoms with Crippen molar-refractivity contribution in [1.82, 2.24) is 9.80 Å². The summed E-state index contributed by atoms with van der Waals surface area (Å²) < 4.78 is 5.38. The van der Waals surface area contributed by atoms with Crippen molar-refractivity contribution in [3.05, 3.63) is 47.7 Å². The molecule has 0 saturated heterocycles. The standard InChI is InChI=1S/C20H32N2O2/c1-15(2)17(5)21(6)12-13-22(7)20(23)24-14-18-8-10-19(11-9-18)16(3)4/h8-11,15-16H,5,12-14H2,1-4,6-7H3. The van der Waals surface area contributed by atoms with Gasteiger partial charge in [-0.15, -0.1) is 0 Å². The first-order chi connectivity index (χ1) is 11.2. The van der Waals surface area contributed by atoms with Gasteiger partial charge in [0.15, 0.2) is 0 Å². The molecule has 0 N–H and O–H groups in total. The number of carbonyl (C=O) groups excluding carboxylic acids is 1. The number of nitrogens with zero attached hydrogens (tertiary/aromatic N) is 2. The Labute approximate surface area is 147 Å². The van der Waals surface area contributed by atoms with E-state index < -0.39 is 0 Å². The van der Waals surface area contributed by atoms with Gasteiger partial charge >= 0.3 is 6.09 Å². The minimum Gasteiger partial charge on any atom is -0.445 e. The van der Waals surface area contributed by atoms with Crippen LogP contribution in [0.3, 0.4) is 0 Å². The molecule has 1 aromatic carbocycles. The Kier molecular flexibility index (Phi) is 7.83. The molecular formula is C20H32N2O2. The Morgan fingerprint density at radius 1 is 1.04 bits per heavy atom. The number of carbonyl (C=O) groups is 1. The summed E-state index contributed by atoms with van der Waals surface area (Å²) in [7, 11) is 3.76. The number of ether oxygens (including phenoxy) is 1. The number of allylic oxidation sites excluding steroid dienone is 1. The van der Waals surface area contributed by atoms with Crippen molar-refractivity contribution in [2.45, 2.75) is 40.2 Å². The molecule has 4 heteroatoms. The summed E-state index contributed by atoms with van der Waals surface area (Å²) in [5, 5.41) is 0. The van der Waals surface area contributed by atoms with E-state index in [4.69, 9.17) is 4.74 Å². The molecule has 1 rings (SSSR count). The third-order valence-electron chi connectivity index (χ3n) is 4.25. The van der Waals surface area contributed by atoms with Gasteiger partial charge in [0.25, 0.3) is 0 Å². The van der Waals surface area contributed by atoms with Gasteiger partial charge in [0.05, 0.1) is 0 Å². The predicted octanol–water partition coefficient (Wildman–Crippen LogP) is 4.48. The molecule has 0 aliphatic rings. The topological polar surface area (TPSA) is 32.8 Å². The zero-order valence-corrected chi connectivity index (χ0v) is 16.0. The Bertz CT molecular complexity index is 535. The lowest BCUT2D eigenvalue weighted by Gasteiger charge is -2.26. The molecule has 0 aliphatic heterocycles. The van der Waals surface area contributed by atoms with Gasteiger partial charge in [-0.1, -0.05) is 58.5 Å². The Hall–Kier alpha value is -1.97. The lowest BCUT2D eigenvalue weighted by Crippen LogP contribution is -2.35. The predicted molar refractivity (Wildman–Crippen MR) is 100.0 cm³/mol. The molecule has 0 aromatic heterocycles. The largest absolute Gasteiger partial charge is 0.445 e. The Morgan fingerprint density at radius 2 is 1.58 bits per heavy atom. The molecule has 24 heavy (non-hydrogen) atoms. The van der Waals surface area contributed by atoms with Gasteiger partial charge in [-0.05, 0) is 23.0 Å². The smallest absolute Gasteiger partial charge is 0.409 e. The second-order valence-electron chi connectivity index (χ2n) is 6.94. The molecule has 0 radical (unpaired) electrons. The number of likely N-dealkylation sites (N-methyl/N-ethyl adjacent to an activating group) is 2. The highest BCUT2D eigenvalue weighted by atomic mass is 16.6. The van der Waals surface area contributed by atoms with Crippen LogP contribution in [0.15, 0.2) is 36.5 Å². The van der Waals surface area contributed by atoms with Gasteiger partial charge in [-0.2, -0.15) is 0 Å². The molecule has 0 atom stereocenters. The molecule has 1 aromatic rings. The second kappa shape index (κ2) is 9.36. The number of amides is 1. The molecule has 0 saturated carbocycles. The molecule has 0 aliphatic carbocycles. The fourth-order valence-corrected chi connectivity index (χ4v) is 2.23. The van der Waals surface area contributed by atoms with Gasteiger partial charge < -0.3 is 14.5 Å². The van der Waals surface area contributed by atoms with Crippen LogP contribution in [0.5, 0.6) is 0 Å². The summed E-state index contributed by atoms with van der Waals surface area (Å²) in [5.41, 5.74) is 3.36. The molecular weight excluding hydrogens is 300 g/mol. The van der Waals surface area contributed by atoms with Crippen LogP contribution in [0.1, 0.15) is 44.7 Å². The van der Waals surface area contributed by atoms with Gasteiger partial charge in [-0.25, -0.2) is 4.79 Å². The van der Waals surface area contributed by atoms with E-state index in [0.717, 1.165) is 17.8 Å². The highest BCUT2D eigenvalue weighted by molar-refractivity contribution is 5.67. The maximum atomic E-state index is 12.1. The fraction of sp³-hybridized carbons (Fsp3) is 0.550. The van der Waals surface area contributed by atoms with Crippen molar-refractivity contribution in [2.24, 2.45) is 5.92 Å². The second-order valence-corrected chi connectivity index (χ2v) is 6.94. The monoisotopic (exact) mass is 332 g/mol. The van der Waals surface area contributed by atoms with E-state index >= 15 is 0 Å². The first-order valence-electron chi connectivity index (χ1n) is 8.59. The number of hydrogen-bond donors (Lipinski definition) is 0. The van der Waals surface area contributed by atoms with E-state index in [2.05, 4.69) is 51.3 Å². The summed E-state index contributed by atoms with van der Waals surface area (Å²) in [4.78, 5) is 15.8. The van der Waals surface area contributed by atoms with Gasteiger partial charge in [0.1, 0.15) is 6.61 Å². The number of benzene rings is 1. The van der Waals surface area contributed by atoms with E-state index in [1.54, 1.807) is 11.9 Å². The zero-order chi connectivity index (χ0) is 18.3. The lowest BCUT2D eigenvalue weighted by molar-refractivity contribution is 0.102. The van der Waals surface area contributed by atoms with Crippen molar-refractivity contribution in [3.8, 4) is 0 Å². The Balaban J connectivity index is 2.40. The lowest BCUT2D eigenvalue weighted by atomic mass is 10.0. The van der Waals surface area contributed by atoms with Crippen LogP contribution < -0.4 is 0 Å². The van der Waals surface area contributed by atoms with Crippen molar-refractivity contribution in [3.63, 3.8) is 0 Å². The number of hydrogen-bond acceptors (Lipinski definition) is 3. The molecule has 1 amide bonds. The summed E-state index contributed by atoms with van der Waals surface area (Å²) in [6.07, 6.45) is -0.300. The summed E-state index contributed by atoms with van der Waals surface area (Å²) in [6, 6.07) is 8.21. The molecule has 0 heterocycles. The average molecular weight is 332 g/mol. The van der Waals surface area contributed by atoms with Crippen molar-refractivity contribution in [2.75, 3.05) is 27.2 Å². The quantitative estimate of drug-likeness (QED) is 0.703. The van der Waals surface area contributed by atoms with E-state index in [1.165, 1.54) is 5.56 Å². The van der Waals surface area contributed by atoms with E-state index in [-0.39, 0.29) is 6.09 Å². The molecule has 0 fully saturated rings. The van der Waals surface area contributed by atoms with Crippen LogP contribution in [-0.2, 0) is 11.3 Å². The molecule has 0 unspecified atom stereocenters. The summed E-state index contributed by atoms with van der Waals surface area (Å²) in [5.74, 6) is 0.909. The van der Waals surface area contributed by atoms with Crippen molar-refractivity contribution < 1.29 is 9.53 Å². The van der Waals surface area contributed by atoms with Gasteiger partial charge in [0, 0.05) is 32.9 Å². The minimum atomic E-state index is -0.300. The third-order valence-corrected chi connectivity index (χ3v) is 4.25. The normalized spacial score (nSPS) is 10.8. The highest BCUT2D eigenvalue weighted by Crippen LogP contribution is 2.15. The minimum absolute atomic E-state index is 0.300. The van der Waals surface area contributed by atoms with E-state index in [1.807, 2.05) is 19.2 Å². The maximum absolute atomic E-state index is 12.1. The molecule has 0 bridgehead atoms. The van der Waals surface area contributed by atoms with Crippen molar-refractivity contribution in [1.29, 1.82) is 0 Å². The number of rotatable bonds is 8. The van der Waals surface area contributed by atoms with Crippen LogP contribution >= 0.6 is 0 Å². The molecule has 0 spiro atoms. The van der Waals surface area contributed by atoms with E-state index in [9.17, 15) is 4.79 Å². The summed E-state index contributed by atoms with van der Waals surface area (Å²) >= 11 is 0. The maximum Gasteiger partial charge on any atom is 0.409 e. The van der Waals surface area contributed by atoms with Gasteiger partial charge in [-0.3, -0.25) is 0 Å². The van der Waals surface area contributed by atoms with Crippen LogP contribution in [0.2, 0.25) is 0 Å². The van der Waals surface area contributed by atoms with Crippen molar-refractivity contribution >= 4 is 6.09 Å². The third kappa shape index (κ3) is 6.26. The average Bonchev–Trinajstić information content (AvgIpc) is 2.56. The van der Waals surface area contributed by atoms with Crippen LogP contribution in [0.4, 0.5) is 4.79 Å². The Morgan fingerprint density at radius 3 is 2.08 bits per heavy atom. The summed E-state index contributed by atoms with van der Waals surface area (Å²) in [6.45, 7) is 14.3. The van der Waals surface area contributed by atoms with Crippen LogP contribution in [0, 0.1) is 5.92 Å². The highest BCUT2D eigenvalue weighted by Gasteiger charge is 2.13. The molecule has 4 nitrogen and oxygen atoms in total.